The standard InChI is InChI=1S/C78H47F6N5/c79-77(80,81)53-41-51(42-54(46-53)78(82,83)84)50-39-40-74-62(43-50)59-29-11-20-38-73(59)89(74)75-63(60-30-12-18-36-71(60)87-67-32-14-7-25-55(67)56-26-8-15-33-68(56)87)44-52(76-85-65(48-21-3-1-4-22-48)47-66(86-76)49-23-5-2-6-24-49)45-64(75)61-31-13-19-37-72(61)88-69-34-16-9-27-57(69)58-28-10-17-35-70(58)88/h1-47H. The second kappa shape index (κ2) is 20.7. The van der Waals surface area contributed by atoms with Gasteiger partial charge in [-0.25, -0.2) is 9.97 Å². The predicted molar refractivity (Wildman–Crippen MR) is 348 cm³/mol. The maximum Gasteiger partial charge on any atom is 0.416 e. The van der Waals surface area contributed by atoms with Crippen molar-refractivity contribution in [3.8, 4) is 84.3 Å². The molecule has 0 atom stereocenters. The molecule has 0 saturated carbocycles. The van der Waals surface area contributed by atoms with Gasteiger partial charge in [-0.05, 0) is 102 Å². The molecular formula is C78H47F6N5. The summed E-state index contributed by atoms with van der Waals surface area (Å²) in [6.45, 7) is 0. The number of para-hydroxylation sites is 7. The summed E-state index contributed by atoms with van der Waals surface area (Å²) in [6, 6.07) is 91.4. The van der Waals surface area contributed by atoms with E-state index in [0.29, 0.717) is 22.3 Å². The molecule has 11 heteroatoms. The quantitative estimate of drug-likeness (QED) is 0.135. The Balaban J connectivity index is 1.08. The molecule has 0 spiro atoms. The number of alkyl halides is 6. The molecule has 16 rings (SSSR count). The summed E-state index contributed by atoms with van der Waals surface area (Å²) in [6.07, 6.45) is -10.1. The predicted octanol–water partition coefficient (Wildman–Crippen LogP) is 21.8. The Morgan fingerprint density at radius 1 is 0.247 bits per heavy atom. The van der Waals surface area contributed by atoms with Crippen molar-refractivity contribution in [2.45, 2.75) is 12.4 Å². The van der Waals surface area contributed by atoms with Gasteiger partial charge in [-0.2, -0.15) is 26.3 Å². The smallest absolute Gasteiger partial charge is 0.309 e. The molecule has 426 valence electrons. The molecule has 12 aromatic carbocycles. The van der Waals surface area contributed by atoms with Gasteiger partial charge in [-0.15, -0.1) is 0 Å². The van der Waals surface area contributed by atoms with Gasteiger partial charge in [-0.1, -0.05) is 194 Å². The van der Waals surface area contributed by atoms with Gasteiger partial charge in [0.2, 0.25) is 0 Å². The fourth-order valence-electron chi connectivity index (χ4n) is 13.2. The Labute approximate surface area is 505 Å². The lowest BCUT2D eigenvalue weighted by Gasteiger charge is -2.24. The van der Waals surface area contributed by atoms with Crippen LogP contribution in [0.4, 0.5) is 26.3 Å². The van der Waals surface area contributed by atoms with Crippen LogP contribution in [-0.2, 0) is 12.4 Å². The molecular weight excluding hydrogens is 1120 g/mol. The second-order valence-corrected chi connectivity index (χ2v) is 22.3. The monoisotopic (exact) mass is 1170 g/mol. The molecule has 0 amide bonds. The zero-order valence-electron chi connectivity index (χ0n) is 47.1. The van der Waals surface area contributed by atoms with E-state index < -0.39 is 23.5 Å². The van der Waals surface area contributed by atoms with Gasteiger partial charge in [0.15, 0.2) is 5.82 Å². The summed E-state index contributed by atoms with van der Waals surface area (Å²) in [5.41, 5.74) is 12.3. The zero-order chi connectivity index (χ0) is 60.1. The molecule has 5 nitrogen and oxygen atoms in total. The van der Waals surface area contributed by atoms with Gasteiger partial charge < -0.3 is 13.7 Å². The van der Waals surface area contributed by atoms with Gasteiger partial charge in [0, 0.05) is 71.3 Å². The molecule has 0 N–H and O–H groups in total. The lowest BCUT2D eigenvalue weighted by atomic mass is 9.90. The number of aromatic nitrogens is 5. The Morgan fingerprint density at radius 2 is 0.607 bits per heavy atom. The highest BCUT2D eigenvalue weighted by atomic mass is 19.4. The minimum absolute atomic E-state index is 0.167. The maximum atomic E-state index is 14.6. The molecule has 4 heterocycles. The molecule has 0 unspecified atom stereocenters. The van der Waals surface area contributed by atoms with Crippen molar-refractivity contribution in [1.82, 2.24) is 23.7 Å². The minimum atomic E-state index is -5.04. The van der Waals surface area contributed by atoms with Crippen molar-refractivity contribution < 1.29 is 26.3 Å². The number of fused-ring (bicyclic) bond motifs is 9. The number of halogens is 6. The molecule has 0 bridgehead atoms. The van der Waals surface area contributed by atoms with E-state index in [2.05, 4.69) is 123 Å². The SMILES string of the molecule is FC(F)(F)c1cc(-c2ccc3c(c2)c2ccccc2n3-c2c(-c3ccccc3-n3c4ccccc4c4ccccc43)cc(-c3nc(-c4ccccc4)cc(-c4ccccc4)n3)cc2-c2ccccc2-n2c3ccccc3c3ccccc32)cc(C(F)(F)F)c1. The van der Waals surface area contributed by atoms with Crippen LogP contribution < -0.4 is 0 Å². The van der Waals surface area contributed by atoms with Crippen LogP contribution in [0, 0.1) is 0 Å². The van der Waals surface area contributed by atoms with E-state index in [0.717, 1.165) is 128 Å². The Hall–Kier alpha value is -11.3. The van der Waals surface area contributed by atoms with Crippen LogP contribution in [0.25, 0.3) is 150 Å². The van der Waals surface area contributed by atoms with E-state index in [1.807, 2.05) is 146 Å². The van der Waals surface area contributed by atoms with Crippen molar-refractivity contribution in [3.63, 3.8) is 0 Å². The third-order valence-corrected chi connectivity index (χ3v) is 17.1. The second-order valence-electron chi connectivity index (χ2n) is 22.3. The highest BCUT2D eigenvalue weighted by molar-refractivity contribution is 6.14. The maximum absolute atomic E-state index is 14.6. The number of hydrogen-bond acceptors (Lipinski definition) is 2. The summed E-state index contributed by atoms with van der Waals surface area (Å²) >= 11 is 0. The van der Waals surface area contributed by atoms with Gasteiger partial charge in [0.05, 0.1) is 72.7 Å². The molecule has 89 heavy (non-hydrogen) atoms. The van der Waals surface area contributed by atoms with Crippen LogP contribution in [0.3, 0.4) is 0 Å². The summed E-state index contributed by atoms with van der Waals surface area (Å²) < 4.78 is 94.2. The van der Waals surface area contributed by atoms with Crippen LogP contribution in [0.2, 0.25) is 0 Å². The summed E-state index contributed by atoms with van der Waals surface area (Å²) in [5.74, 6) is 0.467. The number of benzene rings is 12. The molecule has 0 radical (unpaired) electrons. The van der Waals surface area contributed by atoms with Crippen molar-refractivity contribution in [2.75, 3.05) is 0 Å². The van der Waals surface area contributed by atoms with Crippen molar-refractivity contribution in [1.29, 1.82) is 0 Å². The number of nitrogens with zero attached hydrogens (tertiary/aromatic N) is 5. The first kappa shape index (κ1) is 53.2. The average molecular weight is 1170 g/mol. The normalized spacial score (nSPS) is 12.2. The summed E-state index contributed by atoms with van der Waals surface area (Å²) in [5, 5.41) is 5.65. The molecule has 0 fully saturated rings. The summed E-state index contributed by atoms with van der Waals surface area (Å²) in [4.78, 5) is 11.0. The van der Waals surface area contributed by atoms with E-state index in [9.17, 15) is 26.3 Å². The van der Waals surface area contributed by atoms with Gasteiger partial charge in [-0.3, -0.25) is 0 Å². The van der Waals surface area contributed by atoms with E-state index in [-0.39, 0.29) is 17.2 Å². The molecule has 0 aliphatic carbocycles. The third kappa shape index (κ3) is 8.95. The third-order valence-electron chi connectivity index (χ3n) is 17.1. The first-order valence-electron chi connectivity index (χ1n) is 29.1. The molecule has 4 aromatic heterocycles. The minimum Gasteiger partial charge on any atom is -0.309 e. The highest BCUT2D eigenvalue weighted by Gasteiger charge is 2.37. The van der Waals surface area contributed by atoms with Gasteiger partial charge in [0.25, 0.3) is 0 Å². The number of hydrogen-bond donors (Lipinski definition) is 0. The Kier molecular flexibility index (Phi) is 12.4. The lowest BCUT2D eigenvalue weighted by Crippen LogP contribution is -2.11. The Bertz CT molecular complexity index is 5110. The van der Waals surface area contributed by atoms with Gasteiger partial charge in [0.1, 0.15) is 0 Å². The highest BCUT2D eigenvalue weighted by Crippen LogP contribution is 2.49. The fraction of sp³-hybridized carbons (Fsp3) is 0.0256. The molecule has 0 saturated heterocycles. The zero-order valence-corrected chi connectivity index (χ0v) is 47.1. The molecule has 0 aliphatic heterocycles. The largest absolute Gasteiger partial charge is 0.416 e. The van der Waals surface area contributed by atoms with E-state index in [1.165, 1.54) is 0 Å². The average Bonchev–Trinajstić information content (AvgIpc) is 1.66. The molecule has 16 aromatic rings. The molecule has 0 aliphatic rings. The van der Waals surface area contributed by atoms with Crippen molar-refractivity contribution in [3.05, 3.63) is 296 Å². The first-order chi connectivity index (χ1) is 43.4. The van der Waals surface area contributed by atoms with E-state index in [1.54, 1.807) is 12.1 Å². The van der Waals surface area contributed by atoms with Crippen LogP contribution in [0.1, 0.15) is 11.1 Å². The van der Waals surface area contributed by atoms with Crippen molar-refractivity contribution in [2.24, 2.45) is 0 Å². The van der Waals surface area contributed by atoms with Crippen LogP contribution in [-0.4, -0.2) is 23.7 Å². The number of rotatable bonds is 9. The van der Waals surface area contributed by atoms with E-state index >= 15 is 0 Å². The van der Waals surface area contributed by atoms with Crippen LogP contribution in [0.5, 0.6) is 0 Å². The van der Waals surface area contributed by atoms with Gasteiger partial charge >= 0.3 is 12.4 Å². The fourth-order valence-corrected chi connectivity index (χ4v) is 13.2. The van der Waals surface area contributed by atoms with Crippen LogP contribution in [0.15, 0.2) is 285 Å². The first-order valence-corrected chi connectivity index (χ1v) is 29.1. The van der Waals surface area contributed by atoms with Crippen molar-refractivity contribution >= 4 is 65.4 Å². The van der Waals surface area contributed by atoms with E-state index in [4.69, 9.17) is 9.97 Å². The van der Waals surface area contributed by atoms with Crippen LogP contribution >= 0.6 is 0 Å². The summed E-state index contributed by atoms with van der Waals surface area (Å²) in [7, 11) is 0. The Morgan fingerprint density at radius 3 is 1.03 bits per heavy atom. The lowest BCUT2D eigenvalue weighted by molar-refractivity contribution is -0.143. The topological polar surface area (TPSA) is 40.6 Å².